The van der Waals surface area contributed by atoms with Gasteiger partial charge in [-0.3, -0.25) is 4.79 Å². The van der Waals surface area contributed by atoms with Crippen LogP contribution in [-0.2, 0) is 0 Å². The number of amides is 1. The standard InChI is InChI=1S/C16H22N2OS/c1-13-7-8-15(14(12-13)6-5-9-17)16(19)18-10-3-4-11-20-2/h7-8,12H,3-4,9-11,17H2,1-2H3,(H,18,19). The highest BCUT2D eigenvalue weighted by molar-refractivity contribution is 7.98. The summed E-state index contributed by atoms with van der Waals surface area (Å²) in [6, 6.07) is 5.68. The van der Waals surface area contributed by atoms with Crippen molar-refractivity contribution in [3.8, 4) is 11.8 Å². The summed E-state index contributed by atoms with van der Waals surface area (Å²) < 4.78 is 0. The summed E-state index contributed by atoms with van der Waals surface area (Å²) in [7, 11) is 0. The van der Waals surface area contributed by atoms with Gasteiger partial charge in [-0.05, 0) is 49.5 Å². The third kappa shape index (κ3) is 5.68. The summed E-state index contributed by atoms with van der Waals surface area (Å²) in [5.41, 5.74) is 7.85. The minimum Gasteiger partial charge on any atom is -0.352 e. The van der Waals surface area contributed by atoms with Crippen molar-refractivity contribution in [2.75, 3.05) is 25.1 Å². The van der Waals surface area contributed by atoms with E-state index in [0.717, 1.165) is 29.7 Å². The molecule has 0 saturated carbocycles. The van der Waals surface area contributed by atoms with Gasteiger partial charge in [0.1, 0.15) is 0 Å². The number of unbranched alkanes of at least 4 members (excludes halogenated alkanes) is 1. The molecule has 108 valence electrons. The van der Waals surface area contributed by atoms with Crippen LogP contribution in [0.1, 0.15) is 34.3 Å². The third-order valence-electron chi connectivity index (χ3n) is 2.81. The molecule has 3 N–H and O–H groups in total. The molecule has 1 aromatic rings. The van der Waals surface area contributed by atoms with Crippen molar-refractivity contribution < 1.29 is 4.79 Å². The lowest BCUT2D eigenvalue weighted by atomic mass is 10.0. The maximum Gasteiger partial charge on any atom is 0.252 e. The van der Waals surface area contributed by atoms with Gasteiger partial charge in [0, 0.05) is 12.1 Å². The van der Waals surface area contributed by atoms with Crippen molar-refractivity contribution in [3.05, 3.63) is 34.9 Å². The zero-order valence-corrected chi connectivity index (χ0v) is 13.0. The summed E-state index contributed by atoms with van der Waals surface area (Å²) in [4.78, 5) is 12.2. The maximum absolute atomic E-state index is 12.2. The Morgan fingerprint density at radius 2 is 2.20 bits per heavy atom. The first-order chi connectivity index (χ1) is 9.69. The molecule has 0 aliphatic heterocycles. The molecular formula is C16H22N2OS. The molecule has 0 saturated heterocycles. The normalized spacial score (nSPS) is 9.75. The molecule has 0 radical (unpaired) electrons. The number of aryl methyl sites for hydroxylation is 1. The number of rotatable bonds is 6. The Bertz CT molecular complexity index is 503. The van der Waals surface area contributed by atoms with Gasteiger partial charge in [0.2, 0.25) is 0 Å². The van der Waals surface area contributed by atoms with Crippen LogP contribution in [0.5, 0.6) is 0 Å². The fourth-order valence-electron chi connectivity index (χ4n) is 1.77. The number of carbonyl (C=O) groups is 1. The predicted molar refractivity (Wildman–Crippen MR) is 87.1 cm³/mol. The van der Waals surface area contributed by atoms with Gasteiger partial charge < -0.3 is 11.1 Å². The number of carbonyl (C=O) groups excluding carboxylic acids is 1. The number of thioether (sulfide) groups is 1. The molecule has 1 aromatic carbocycles. The number of benzene rings is 1. The van der Waals surface area contributed by atoms with Crippen LogP contribution in [0.25, 0.3) is 0 Å². The van der Waals surface area contributed by atoms with Gasteiger partial charge in [-0.25, -0.2) is 0 Å². The highest BCUT2D eigenvalue weighted by Crippen LogP contribution is 2.11. The van der Waals surface area contributed by atoms with Crippen LogP contribution in [0.15, 0.2) is 18.2 Å². The van der Waals surface area contributed by atoms with Crippen LogP contribution >= 0.6 is 11.8 Å². The molecule has 4 heteroatoms. The molecule has 20 heavy (non-hydrogen) atoms. The Hall–Kier alpha value is -1.44. The average Bonchev–Trinajstić information content (AvgIpc) is 2.44. The summed E-state index contributed by atoms with van der Waals surface area (Å²) >= 11 is 1.83. The number of hydrogen-bond donors (Lipinski definition) is 2. The van der Waals surface area contributed by atoms with Crippen molar-refractivity contribution in [3.63, 3.8) is 0 Å². The van der Waals surface area contributed by atoms with Crippen molar-refractivity contribution in [2.45, 2.75) is 19.8 Å². The quantitative estimate of drug-likeness (QED) is 0.624. The van der Waals surface area contributed by atoms with Crippen LogP contribution in [-0.4, -0.2) is 31.0 Å². The fourth-order valence-corrected chi connectivity index (χ4v) is 2.27. The Balaban J connectivity index is 2.67. The van der Waals surface area contributed by atoms with E-state index < -0.39 is 0 Å². The molecular weight excluding hydrogens is 268 g/mol. The zero-order valence-electron chi connectivity index (χ0n) is 12.2. The van der Waals surface area contributed by atoms with Crippen LogP contribution in [0.3, 0.4) is 0 Å². The molecule has 0 spiro atoms. The first kappa shape index (κ1) is 16.6. The lowest BCUT2D eigenvalue weighted by Gasteiger charge is -2.07. The van der Waals surface area contributed by atoms with Crippen LogP contribution in [0.2, 0.25) is 0 Å². The van der Waals surface area contributed by atoms with E-state index >= 15 is 0 Å². The van der Waals surface area contributed by atoms with Gasteiger partial charge in [-0.15, -0.1) is 0 Å². The van der Waals surface area contributed by atoms with E-state index in [1.807, 2.05) is 36.9 Å². The van der Waals surface area contributed by atoms with Gasteiger partial charge in [-0.1, -0.05) is 17.9 Å². The minimum absolute atomic E-state index is 0.0597. The van der Waals surface area contributed by atoms with E-state index in [-0.39, 0.29) is 5.91 Å². The molecule has 0 bridgehead atoms. The Morgan fingerprint density at radius 1 is 1.40 bits per heavy atom. The predicted octanol–water partition coefficient (Wildman–Crippen LogP) is 2.18. The highest BCUT2D eigenvalue weighted by Gasteiger charge is 2.09. The monoisotopic (exact) mass is 290 g/mol. The topological polar surface area (TPSA) is 55.1 Å². The molecule has 1 rings (SSSR count). The summed E-state index contributed by atoms with van der Waals surface area (Å²) in [6.45, 7) is 2.98. The van der Waals surface area contributed by atoms with E-state index in [0.29, 0.717) is 18.7 Å². The second-order valence-electron chi connectivity index (χ2n) is 4.51. The molecule has 0 fully saturated rings. The van der Waals surface area contributed by atoms with E-state index in [9.17, 15) is 4.79 Å². The van der Waals surface area contributed by atoms with Crippen molar-refractivity contribution in [2.24, 2.45) is 5.73 Å². The van der Waals surface area contributed by atoms with Crippen molar-refractivity contribution >= 4 is 17.7 Å². The van der Waals surface area contributed by atoms with Crippen LogP contribution < -0.4 is 11.1 Å². The van der Waals surface area contributed by atoms with Crippen LogP contribution in [0.4, 0.5) is 0 Å². The van der Waals surface area contributed by atoms with Gasteiger partial charge in [0.15, 0.2) is 0 Å². The first-order valence-corrected chi connectivity index (χ1v) is 8.15. The van der Waals surface area contributed by atoms with Crippen molar-refractivity contribution in [1.29, 1.82) is 0 Å². The average molecular weight is 290 g/mol. The summed E-state index contributed by atoms with van der Waals surface area (Å²) in [6.07, 6.45) is 4.21. The Morgan fingerprint density at radius 3 is 2.90 bits per heavy atom. The molecule has 0 aliphatic carbocycles. The molecule has 0 unspecified atom stereocenters. The third-order valence-corrected chi connectivity index (χ3v) is 3.50. The van der Waals surface area contributed by atoms with Gasteiger partial charge in [-0.2, -0.15) is 11.8 Å². The summed E-state index contributed by atoms with van der Waals surface area (Å²) in [5.74, 6) is 6.85. The largest absolute Gasteiger partial charge is 0.352 e. The fraction of sp³-hybridized carbons (Fsp3) is 0.438. The van der Waals surface area contributed by atoms with E-state index in [1.54, 1.807) is 0 Å². The lowest BCUT2D eigenvalue weighted by molar-refractivity contribution is 0.0953. The Kier molecular flexibility index (Phi) is 7.86. The van der Waals surface area contributed by atoms with Gasteiger partial charge in [0.25, 0.3) is 5.91 Å². The Labute approximate surface area is 125 Å². The maximum atomic E-state index is 12.2. The molecule has 0 aromatic heterocycles. The molecule has 0 aliphatic rings. The SMILES string of the molecule is CSCCCCNC(=O)c1ccc(C)cc1C#CCN. The van der Waals surface area contributed by atoms with Gasteiger partial charge >= 0.3 is 0 Å². The highest BCUT2D eigenvalue weighted by atomic mass is 32.2. The molecule has 0 atom stereocenters. The van der Waals surface area contributed by atoms with Crippen LogP contribution in [0, 0.1) is 18.8 Å². The smallest absolute Gasteiger partial charge is 0.252 e. The lowest BCUT2D eigenvalue weighted by Crippen LogP contribution is -2.25. The zero-order chi connectivity index (χ0) is 14.8. The molecule has 1 amide bonds. The summed E-state index contributed by atoms with van der Waals surface area (Å²) in [5, 5.41) is 2.95. The van der Waals surface area contributed by atoms with E-state index in [1.165, 1.54) is 0 Å². The second-order valence-corrected chi connectivity index (χ2v) is 5.50. The first-order valence-electron chi connectivity index (χ1n) is 6.75. The van der Waals surface area contributed by atoms with E-state index in [4.69, 9.17) is 5.73 Å². The van der Waals surface area contributed by atoms with E-state index in [2.05, 4.69) is 23.4 Å². The number of nitrogens with two attached hydrogens (primary N) is 1. The number of hydrogen-bond acceptors (Lipinski definition) is 3. The number of nitrogens with one attached hydrogen (secondary N) is 1. The molecule has 3 nitrogen and oxygen atoms in total. The van der Waals surface area contributed by atoms with Gasteiger partial charge in [0.05, 0.1) is 12.1 Å². The van der Waals surface area contributed by atoms with Crippen molar-refractivity contribution in [1.82, 2.24) is 5.32 Å². The minimum atomic E-state index is -0.0597. The molecule has 0 heterocycles. The second kappa shape index (κ2) is 9.46.